The summed E-state index contributed by atoms with van der Waals surface area (Å²) in [6, 6.07) is 10.3. The highest BCUT2D eigenvalue weighted by Crippen LogP contribution is 2.34. The van der Waals surface area contributed by atoms with Crippen molar-refractivity contribution in [1.82, 2.24) is 4.90 Å². The van der Waals surface area contributed by atoms with Crippen LogP contribution < -0.4 is 10.1 Å². The number of nitrogens with zero attached hydrogens (tertiary/aromatic N) is 1. The first-order chi connectivity index (χ1) is 14.7. The molecular formula is C20H14BrFN2O6S. The molecule has 0 aliphatic carbocycles. The molecule has 1 heterocycles. The SMILES string of the molecule is O=C(O)COc1ccc(Br)cc1/C=C1\SC(=O)N(CC(=O)Nc2ccccc2F)C1=O. The van der Waals surface area contributed by atoms with Gasteiger partial charge in [0.05, 0.1) is 10.6 Å². The molecule has 1 fully saturated rings. The van der Waals surface area contributed by atoms with Gasteiger partial charge in [0.25, 0.3) is 11.1 Å². The summed E-state index contributed by atoms with van der Waals surface area (Å²) >= 11 is 3.91. The smallest absolute Gasteiger partial charge is 0.341 e. The molecule has 2 N–H and O–H groups in total. The van der Waals surface area contributed by atoms with Crippen molar-refractivity contribution in [2.24, 2.45) is 0 Å². The highest BCUT2D eigenvalue weighted by atomic mass is 79.9. The number of thioether (sulfide) groups is 1. The molecule has 11 heteroatoms. The Morgan fingerprint density at radius 1 is 1.23 bits per heavy atom. The lowest BCUT2D eigenvalue weighted by Crippen LogP contribution is -2.36. The van der Waals surface area contributed by atoms with Gasteiger partial charge < -0.3 is 15.2 Å². The molecule has 3 amide bonds. The van der Waals surface area contributed by atoms with Crippen LogP contribution in [0.5, 0.6) is 5.75 Å². The second kappa shape index (κ2) is 9.75. The number of anilines is 1. The van der Waals surface area contributed by atoms with Gasteiger partial charge >= 0.3 is 5.97 Å². The summed E-state index contributed by atoms with van der Waals surface area (Å²) in [6.45, 7) is -1.17. The van der Waals surface area contributed by atoms with Gasteiger partial charge in [-0.15, -0.1) is 0 Å². The van der Waals surface area contributed by atoms with Crippen LogP contribution in [0.4, 0.5) is 14.9 Å². The van der Waals surface area contributed by atoms with Crippen molar-refractivity contribution < 1.29 is 33.4 Å². The molecule has 1 saturated heterocycles. The summed E-state index contributed by atoms with van der Waals surface area (Å²) in [6.07, 6.45) is 1.38. The van der Waals surface area contributed by atoms with Crippen molar-refractivity contribution in [2.45, 2.75) is 0 Å². The Morgan fingerprint density at radius 2 is 1.97 bits per heavy atom. The number of halogens is 2. The van der Waals surface area contributed by atoms with E-state index >= 15 is 0 Å². The van der Waals surface area contributed by atoms with E-state index in [1.165, 1.54) is 36.4 Å². The summed E-state index contributed by atoms with van der Waals surface area (Å²) in [5, 5.41) is 10.5. The molecule has 2 aromatic rings. The van der Waals surface area contributed by atoms with Crippen molar-refractivity contribution in [3.8, 4) is 5.75 Å². The molecule has 160 valence electrons. The predicted molar refractivity (Wildman–Crippen MR) is 115 cm³/mol. The Hall–Kier alpha value is -3.18. The summed E-state index contributed by atoms with van der Waals surface area (Å²) in [5.41, 5.74) is 0.307. The normalized spacial score (nSPS) is 14.8. The topological polar surface area (TPSA) is 113 Å². The van der Waals surface area contributed by atoms with Crippen molar-refractivity contribution >= 4 is 62.5 Å². The number of amides is 3. The molecule has 1 aliphatic heterocycles. The van der Waals surface area contributed by atoms with Crippen LogP contribution in [-0.2, 0) is 14.4 Å². The Bertz CT molecular complexity index is 1110. The lowest BCUT2D eigenvalue weighted by Gasteiger charge is -2.13. The minimum absolute atomic E-state index is 0.0296. The Kier molecular flexibility index (Phi) is 7.08. The largest absolute Gasteiger partial charge is 0.481 e. The minimum Gasteiger partial charge on any atom is -0.481 e. The number of ether oxygens (including phenoxy) is 1. The van der Waals surface area contributed by atoms with Crippen LogP contribution in [0.25, 0.3) is 6.08 Å². The van der Waals surface area contributed by atoms with Gasteiger partial charge in [0.2, 0.25) is 5.91 Å². The van der Waals surface area contributed by atoms with Gasteiger partial charge in [0, 0.05) is 10.0 Å². The quantitative estimate of drug-likeness (QED) is 0.547. The molecule has 8 nitrogen and oxygen atoms in total. The molecule has 3 rings (SSSR count). The first-order valence-electron chi connectivity index (χ1n) is 8.68. The van der Waals surface area contributed by atoms with Crippen molar-refractivity contribution in [2.75, 3.05) is 18.5 Å². The number of rotatable bonds is 7. The lowest BCUT2D eigenvalue weighted by atomic mass is 10.2. The minimum atomic E-state index is -1.17. The number of carbonyl (C=O) groups is 4. The zero-order chi connectivity index (χ0) is 22.5. The number of nitrogens with one attached hydrogen (secondary N) is 1. The lowest BCUT2D eigenvalue weighted by molar-refractivity contribution is -0.139. The molecule has 1 aliphatic rings. The molecular weight excluding hydrogens is 495 g/mol. The van der Waals surface area contributed by atoms with Gasteiger partial charge in [-0.05, 0) is 48.2 Å². The molecule has 0 bridgehead atoms. The number of hydrogen-bond acceptors (Lipinski definition) is 6. The van der Waals surface area contributed by atoms with Crippen molar-refractivity contribution in [3.05, 3.63) is 63.2 Å². The molecule has 0 saturated carbocycles. The average molecular weight is 509 g/mol. The summed E-state index contributed by atoms with van der Waals surface area (Å²) in [7, 11) is 0. The Balaban J connectivity index is 1.76. The molecule has 0 atom stereocenters. The first kappa shape index (κ1) is 22.5. The van der Waals surface area contributed by atoms with E-state index in [2.05, 4.69) is 21.2 Å². The highest BCUT2D eigenvalue weighted by Gasteiger charge is 2.36. The molecule has 0 spiro atoms. The third kappa shape index (κ3) is 5.70. The molecule has 0 aromatic heterocycles. The van der Waals surface area contributed by atoms with Gasteiger partial charge in [-0.2, -0.15) is 0 Å². The number of carboxylic acids is 1. The summed E-state index contributed by atoms with van der Waals surface area (Å²) < 4.78 is 19.5. The van der Waals surface area contributed by atoms with Gasteiger partial charge in [-0.25, -0.2) is 9.18 Å². The predicted octanol–water partition coefficient (Wildman–Crippen LogP) is 3.73. The van der Waals surface area contributed by atoms with Crippen molar-refractivity contribution in [1.29, 1.82) is 0 Å². The summed E-state index contributed by atoms with van der Waals surface area (Å²) in [4.78, 5) is 48.6. The van der Waals surface area contributed by atoms with Gasteiger partial charge in [0.15, 0.2) is 6.61 Å². The summed E-state index contributed by atoms with van der Waals surface area (Å²) in [5.74, 6) is -3.05. The Morgan fingerprint density at radius 3 is 2.68 bits per heavy atom. The zero-order valence-electron chi connectivity index (χ0n) is 15.6. The monoisotopic (exact) mass is 508 g/mol. The van der Waals surface area contributed by atoms with Crippen LogP contribution in [-0.4, -0.2) is 46.2 Å². The fourth-order valence-corrected chi connectivity index (χ4v) is 3.78. The van der Waals surface area contributed by atoms with E-state index in [0.717, 1.165) is 4.90 Å². The Labute approximate surface area is 188 Å². The maximum atomic E-state index is 13.7. The molecule has 0 unspecified atom stereocenters. The second-order valence-electron chi connectivity index (χ2n) is 6.16. The van der Waals surface area contributed by atoms with Crippen LogP contribution in [0, 0.1) is 5.82 Å². The van der Waals surface area contributed by atoms with E-state index in [0.29, 0.717) is 21.8 Å². The van der Waals surface area contributed by atoms with Crippen LogP contribution in [0.3, 0.4) is 0 Å². The molecule has 0 radical (unpaired) electrons. The zero-order valence-corrected chi connectivity index (χ0v) is 18.0. The number of benzene rings is 2. The van der Waals surface area contributed by atoms with E-state index in [-0.39, 0.29) is 16.3 Å². The number of aliphatic carboxylic acids is 1. The fraction of sp³-hybridized carbons (Fsp3) is 0.100. The number of hydrogen-bond donors (Lipinski definition) is 2. The third-order valence-electron chi connectivity index (χ3n) is 3.93. The maximum Gasteiger partial charge on any atom is 0.341 e. The van der Waals surface area contributed by atoms with E-state index in [1.807, 2.05) is 0 Å². The molecule has 2 aromatic carbocycles. The van der Waals surface area contributed by atoms with Gasteiger partial charge in [0.1, 0.15) is 18.1 Å². The van der Waals surface area contributed by atoms with Crippen LogP contribution in [0.15, 0.2) is 51.8 Å². The van der Waals surface area contributed by atoms with Crippen LogP contribution in [0.1, 0.15) is 5.56 Å². The first-order valence-corrected chi connectivity index (χ1v) is 10.3. The number of carboxylic acid groups (broad SMARTS) is 1. The van der Waals surface area contributed by atoms with E-state index in [4.69, 9.17) is 9.84 Å². The number of para-hydroxylation sites is 1. The van der Waals surface area contributed by atoms with Crippen LogP contribution >= 0.6 is 27.7 Å². The third-order valence-corrected chi connectivity index (χ3v) is 5.33. The number of imide groups is 1. The van der Waals surface area contributed by atoms with E-state index in [1.54, 1.807) is 12.1 Å². The van der Waals surface area contributed by atoms with E-state index in [9.17, 15) is 23.6 Å². The molecule has 31 heavy (non-hydrogen) atoms. The van der Waals surface area contributed by atoms with Crippen molar-refractivity contribution in [3.63, 3.8) is 0 Å². The number of carbonyl (C=O) groups excluding carboxylic acids is 3. The highest BCUT2D eigenvalue weighted by molar-refractivity contribution is 9.10. The maximum absolute atomic E-state index is 13.7. The van der Waals surface area contributed by atoms with E-state index < -0.39 is 42.0 Å². The van der Waals surface area contributed by atoms with Gasteiger partial charge in [-0.1, -0.05) is 28.1 Å². The van der Waals surface area contributed by atoms with Crippen LogP contribution in [0.2, 0.25) is 0 Å². The second-order valence-corrected chi connectivity index (χ2v) is 8.07. The standard InChI is InChI=1S/C20H14BrFN2O6S/c21-12-5-6-15(30-10-18(26)27)11(7-12)8-16-19(28)24(20(29)31-16)9-17(25)23-14-4-2-1-3-13(14)22/h1-8H,9-10H2,(H,23,25)(H,26,27)/b16-8-. The fourth-order valence-electron chi connectivity index (χ4n) is 2.58. The average Bonchev–Trinajstić information content (AvgIpc) is 2.96. The van der Waals surface area contributed by atoms with Gasteiger partial charge in [-0.3, -0.25) is 19.3 Å².